The second-order valence-electron chi connectivity index (χ2n) is 9.48. The van der Waals surface area contributed by atoms with Gasteiger partial charge in [0.1, 0.15) is 12.2 Å². The lowest BCUT2D eigenvalue weighted by Crippen LogP contribution is -2.47. The van der Waals surface area contributed by atoms with Gasteiger partial charge in [0.2, 0.25) is 23.7 Å². The number of carbonyl (C=O) groups excluding carboxylic acids is 2. The van der Waals surface area contributed by atoms with Gasteiger partial charge in [-0.05, 0) is 17.5 Å². The molecular formula is C25H24F4N6O2. The topological polar surface area (TPSA) is 104 Å². The average Bonchev–Trinajstić information content (AvgIpc) is 3.51. The average molecular weight is 516 g/mol. The molecule has 194 valence electrons. The highest BCUT2D eigenvalue weighted by Crippen LogP contribution is 2.48. The van der Waals surface area contributed by atoms with E-state index in [0.29, 0.717) is 11.3 Å². The van der Waals surface area contributed by atoms with E-state index in [9.17, 15) is 27.2 Å². The minimum Gasteiger partial charge on any atom is -0.342 e. The first kappa shape index (κ1) is 24.8. The van der Waals surface area contributed by atoms with Gasteiger partial charge in [-0.2, -0.15) is 4.39 Å². The molecule has 2 amide bonds. The van der Waals surface area contributed by atoms with Crippen LogP contribution in [0.25, 0.3) is 0 Å². The molecule has 0 unspecified atom stereocenters. The zero-order valence-corrected chi connectivity index (χ0v) is 19.6. The number of rotatable bonds is 7. The van der Waals surface area contributed by atoms with Crippen molar-refractivity contribution in [3.05, 3.63) is 77.1 Å². The number of hydrogen-bond acceptors (Lipinski definition) is 5. The van der Waals surface area contributed by atoms with Crippen LogP contribution in [-0.4, -0.2) is 61.8 Å². The fraction of sp³-hybridized carbons (Fsp3) is 0.400. The summed E-state index contributed by atoms with van der Waals surface area (Å²) in [6.07, 6.45) is -1.19. The van der Waals surface area contributed by atoms with Gasteiger partial charge in [-0.15, -0.1) is 5.10 Å². The second kappa shape index (κ2) is 9.91. The Morgan fingerprint density at radius 3 is 2.57 bits per heavy atom. The molecule has 2 aromatic heterocycles. The Bertz CT molecular complexity index is 1270. The Morgan fingerprint density at radius 1 is 1.16 bits per heavy atom. The summed E-state index contributed by atoms with van der Waals surface area (Å²) in [5.74, 6) is -5.37. The third kappa shape index (κ3) is 5.32. The van der Waals surface area contributed by atoms with Crippen LogP contribution in [-0.2, 0) is 16.0 Å². The molecule has 1 aliphatic carbocycles. The molecule has 5 rings (SSSR count). The monoisotopic (exact) mass is 516 g/mol. The zero-order chi connectivity index (χ0) is 26.2. The Labute approximate surface area is 209 Å². The number of amides is 2. The third-order valence-electron chi connectivity index (χ3n) is 6.82. The van der Waals surface area contributed by atoms with Crippen molar-refractivity contribution in [1.29, 1.82) is 0 Å². The maximum absolute atomic E-state index is 14.9. The van der Waals surface area contributed by atoms with Gasteiger partial charge >= 0.3 is 0 Å². The van der Waals surface area contributed by atoms with Crippen molar-refractivity contribution in [1.82, 2.24) is 30.6 Å². The van der Waals surface area contributed by atoms with Crippen molar-refractivity contribution in [3.8, 4) is 0 Å². The van der Waals surface area contributed by atoms with Crippen LogP contribution in [0, 0.1) is 5.95 Å². The Balaban J connectivity index is 1.37. The number of benzene rings is 1. The molecule has 1 saturated heterocycles. The van der Waals surface area contributed by atoms with Gasteiger partial charge in [-0.1, -0.05) is 41.6 Å². The number of aromatic nitrogens is 4. The quantitative estimate of drug-likeness (QED) is 0.371. The molecule has 1 aliphatic heterocycles. The van der Waals surface area contributed by atoms with E-state index in [1.54, 1.807) is 30.3 Å². The van der Waals surface area contributed by atoms with E-state index in [0.717, 1.165) is 0 Å². The number of pyridine rings is 1. The molecular weight excluding hydrogens is 492 g/mol. The molecule has 37 heavy (non-hydrogen) atoms. The van der Waals surface area contributed by atoms with E-state index in [2.05, 4.69) is 25.7 Å². The molecule has 1 aromatic carbocycles. The molecule has 2 aliphatic rings. The van der Waals surface area contributed by atoms with E-state index in [4.69, 9.17) is 0 Å². The van der Waals surface area contributed by atoms with Gasteiger partial charge in [0.15, 0.2) is 0 Å². The molecule has 0 radical (unpaired) electrons. The fourth-order valence-electron chi connectivity index (χ4n) is 4.90. The maximum atomic E-state index is 14.9. The van der Waals surface area contributed by atoms with E-state index in [1.165, 1.54) is 23.2 Å². The molecule has 2 N–H and O–H groups in total. The second-order valence-corrected chi connectivity index (χ2v) is 9.48. The van der Waals surface area contributed by atoms with E-state index in [1.807, 2.05) is 0 Å². The highest BCUT2D eigenvalue weighted by molar-refractivity contribution is 5.89. The maximum Gasteiger partial charge on any atom is 0.249 e. The first-order chi connectivity index (χ1) is 17.7. The molecule has 8 nitrogen and oxygen atoms in total. The Kier molecular flexibility index (Phi) is 6.65. The molecule has 0 bridgehead atoms. The molecule has 3 aromatic rings. The Hall–Kier alpha value is -3.83. The number of carbonyl (C=O) groups is 2. The van der Waals surface area contributed by atoms with Crippen molar-refractivity contribution in [3.63, 3.8) is 0 Å². The summed E-state index contributed by atoms with van der Waals surface area (Å²) < 4.78 is 55.8. The number of halogens is 4. The van der Waals surface area contributed by atoms with Crippen LogP contribution >= 0.6 is 0 Å². The van der Waals surface area contributed by atoms with Gasteiger partial charge in [0, 0.05) is 24.8 Å². The highest BCUT2D eigenvalue weighted by atomic mass is 19.3. The number of H-pyrrole nitrogens is 1. The molecule has 3 heterocycles. The summed E-state index contributed by atoms with van der Waals surface area (Å²) >= 11 is 0. The molecule has 3 atom stereocenters. The van der Waals surface area contributed by atoms with Crippen LogP contribution in [0.3, 0.4) is 0 Å². The minimum atomic E-state index is -2.80. The molecule has 1 saturated carbocycles. The fourth-order valence-corrected chi connectivity index (χ4v) is 4.90. The van der Waals surface area contributed by atoms with Gasteiger partial charge in [-0.3, -0.25) is 14.7 Å². The first-order valence-corrected chi connectivity index (χ1v) is 11.9. The summed E-state index contributed by atoms with van der Waals surface area (Å²) in [4.78, 5) is 31.3. The van der Waals surface area contributed by atoms with Crippen LogP contribution in [0.2, 0.25) is 0 Å². The normalized spacial score (nSPS) is 21.9. The van der Waals surface area contributed by atoms with Gasteiger partial charge in [-0.25, -0.2) is 18.2 Å². The van der Waals surface area contributed by atoms with Crippen LogP contribution < -0.4 is 5.32 Å². The number of aromatic amines is 1. The van der Waals surface area contributed by atoms with Gasteiger partial charge in [0.05, 0.1) is 36.6 Å². The molecule has 0 spiro atoms. The smallest absolute Gasteiger partial charge is 0.249 e. The van der Waals surface area contributed by atoms with Crippen molar-refractivity contribution < 1.29 is 27.2 Å². The SMILES string of the molecule is O=C(N[C@@H](c1ccccc1)c1ccc(C2CC(F)(F)C2)c(F)n1)[C@@H]1C[C@@H](F)CN1C(=O)Cc1cnn[nH]1. The van der Waals surface area contributed by atoms with Crippen LogP contribution in [0.5, 0.6) is 0 Å². The standard InChI is InChI=1S/C25H24F4N6O2/c26-16-8-20(35(13-16)21(36)9-17-12-30-34-33-17)24(37)32-22(14-4-2-1-3-5-14)19-7-6-18(23(27)31-19)15-10-25(28,29)11-15/h1-7,12,15-16,20,22H,8-11,13H2,(H,32,37)(H,30,33,34)/t16-,20+,22+/m1/s1. The zero-order valence-electron chi connectivity index (χ0n) is 19.6. The van der Waals surface area contributed by atoms with Gasteiger partial charge in [0.25, 0.3) is 0 Å². The van der Waals surface area contributed by atoms with Crippen molar-refractivity contribution in [2.45, 2.75) is 55.8 Å². The van der Waals surface area contributed by atoms with Crippen LogP contribution in [0.4, 0.5) is 17.6 Å². The minimum absolute atomic E-state index is 0.106. The first-order valence-electron chi connectivity index (χ1n) is 11.9. The highest BCUT2D eigenvalue weighted by Gasteiger charge is 2.47. The number of nitrogens with zero attached hydrogens (tertiary/aromatic N) is 4. The molecule has 2 fully saturated rings. The van der Waals surface area contributed by atoms with E-state index >= 15 is 0 Å². The summed E-state index contributed by atoms with van der Waals surface area (Å²) in [5, 5.41) is 12.5. The Morgan fingerprint density at radius 2 is 1.92 bits per heavy atom. The largest absolute Gasteiger partial charge is 0.342 e. The predicted octanol–water partition coefficient (Wildman–Crippen LogP) is 3.24. The number of alkyl halides is 3. The van der Waals surface area contributed by atoms with Crippen molar-refractivity contribution >= 4 is 11.8 Å². The summed E-state index contributed by atoms with van der Waals surface area (Å²) in [6.45, 7) is -0.234. The van der Waals surface area contributed by atoms with E-state index < -0.39 is 60.7 Å². The van der Waals surface area contributed by atoms with Crippen molar-refractivity contribution in [2.75, 3.05) is 6.54 Å². The predicted molar refractivity (Wildman–Crippen MR) is 123 cm³/mol. The summed E-state index contributed by atoms with van der Waals surface area (Å²) in [6, 6.07) is 9.59. The van der Waals surface area contributed by atoms with Crippen LogP contribution in [0.15, 0.2) is 48.7 Å². The van der Waals surface area contributed by atoms with Crippen LogP contribution in [0.1, 0.15) is 53.7 Å². The number of hydrogen-bond donors (Lipinski definition) is 2. The lowest BCUT2D eigenvalue weighted by Gasteiger charge is -2.35. The van der Waals surface area contributed by atoms with Crippen molar-refractivity contribution in [2.24, 2.45) is 0 Å². The summed E-state index contributed by atoms with van der Waals surface area (Å²) in [5.41, 5.74) is 1.27. The lowest BCUT2D eigenvalue weighted by atomic mass is 9.77. The number of likely N-dealkylation sites (tertiary alicyclic amines) is 1. The number of nitrogens with one attached hydrogen (secondary N) is 2. The van der Waals surface area contributed by atoms with E-state index in [-0.39, 0.29) is 30.6 Å². The molecule has 12 heteroatoms. The van der Waals surface area contributed by atoms with Gasteiger partial charge < -0.3 is 10.2 Å². The summed E-state index contributed by atoms with van der Waals surface area (Å²) in [7, 11) is 0. The lowest BCUT2D eigenvalue weighted by molar-refractivity contribution is -0.138. The third-order valence-corrected chi connectivity index (χ3v) is 6.82.